The van der Waals surface area contributed by atoms with E-state index in [1.807, 2.05) is 6.07 Å². The third-order valence-electron chi connectivity index (χ3n) is 5.05. The number of fused-ring (bicyclic) bond motifs is 1. The Hall–Kier alpha value is -2.75. The largest absolute Gasteiger partial charge is 0.493 e. The molecule has 0 fully saturated rings. The average molecular weight is 471 g/mol. The zero-order valence-electron chi connectivity index (χ0n) is 17.6. The Morgan fingerprint density at radius 2 is 1.84 bits per heavy atom. The summed E-state index contributed by atoms with van der Waals surface area (Å²) in [4.78, 5) is 26.3. The smallest absolute Gasteiger partial charge is 0.422 e. The van der Waals surface area contributed by atoms with Crippen LogP contribution in [-0.2, 0) is 24.1 Å². The second-order valence-corrected chi connectivity index (χ2v) is 8.65. The maximum Gasteiger partial charge on any atom is 0.422 e. The van der Waals surface area contributed by atoms with E-state index in [9.17, 15) is 22.8 Å². The molecule has 6 nitrogen and oxygen atoms in total. The summed E-state index contributed by atoms with van der Waals surface area (Å²) in [7, 11) is 1.33. The van der Waals surface area contributed by atoms with Crippen LogP contribution < -0.4 is 20.3 Å². The van der Waals surface area contributed by atoms with E-state index in [4.69, 9.17) is 9.47 Å². The quantitative estimate of drug-likeness (QED) is 0.466. The van der Waals surface area contributed by atoms with Gasteiger partial charge in [-0.05, 0) is 61.4 Å². The fourth-order valence-electron chi connectivity index (χ4n) is 3.43. The number of alkyl halides is 3. The number of ether oxygens (including phenoxy) is 2. The van der Waals surface area contributed by atoms with Crippen molar-refractivity contribution in [2.75, 3.05) is 13.7 Å². The molecule has 0 atom stereocenters. The Morgan fingerprint density at radius 3 is 2.59 bits per heavy atom. The maximum absolute atomic E-state index is 12.4. The Balaban J connectivity index is 1.47. The van der Waals surface area contributed by atoms with Crippen molar-refractivity contribution in [3.8, 4) is 11.5 Å². The summed E-state index contributed by atoms with van der Waals surface area (Å²) in [5, 5.41) is 0. The summed E-state index contributed by atoms with van der Waals surface area (Å²) in [6.07, 6.45) is 1.37. The molecule has 0 aliphatic heterocycles. The lowest BCUT2D eigenvalue weighted by atomic mass is 10.1. The SMILES string of the molecule is COc1cc(CCC(=O)NNC(=O)c2cc3c(s2)CCCCC3)ccc1OCC(F)(F)F. The monoisotopic (exact) mass is 470 g/mol. The number of aryl methyl sites for hydroxylation is 3. The first-order valence-electron chi connectivity index (χ1n) is 10.3. The van der Waals surface area contributed by atoms with Crippen LogP contribution in [0.1, 0.15) is 51.4 Å². The molecule has 0 saturated carbocycles. The number of hydrogen-bond donors (Lipinski definition) is 2. The second kappa shape index (κ2) is 10.7. The van der Waals surface area contributed by atoms with Gasteiger partial charge in [-0.2, -0.15) is 13.2 Å². The zero-order valence-corrected chi connectivity index (χ0v) is 18.5. The van der Waals surface area contributed by atoms with E-state index < -0.39 is 12.8 Å². The molecule has 1 aromatic heterocycles. The number of carbonyl (C=O) groups excluding carboxylic acids is 2. The van der Waals surface area contributed by atoms with Crippen LogP contribution in [0.25, 0.3) is 0 Å². The molecular formula is C22H25F3N2O4S. The molecule has 1 aliphatic carbocycles. The molecule has 0 radical (unpaired) electrons. The van der Waals surface area contributed by atoms with Gasteiger partial charge in [-0.15, -0.1) is 11.3 Å². The van der Waals surface area contributed by atoms with Crippen molar-refractivity contribution in [1.29, 1.82) is 0 Å². The minimum absolute atomic E-state index is 0.0281. The third kappa shape index (κ3) is 6.88. The zero-order chi connectivity index (χ0) is 23.1. The Bertz CT molecular complexity index is 936. The lowest BCUT2D eigenvalue weighted by molar-refractivity contribution is -0.153. The van der Waals surface area contributed by atoms with Crippen LogP contribution in [0.5, 0.6) is 11.5 Å². The minimum atomic E-state index is -4.45. The van der Waals surface area contributed by atoms with Crippen molar-refractivity contribution in [1.82, 2.24) is 10.9 Å². The normalized spacial score (nSPS) is 13.6. The van der Waals surface area contributed by atoms with Gasteiger partial charge in [0.2, 0.25) is 5.91 Å². The predicted octanol–water partition coefficient (Wildman–Crippen LogP) is 4.36. The van der Waals surface area contributed by atoms with Crippen LogP contribution >= 0.6 is 11.3 Å². The summed E-state index contributed by atoms with van der Waals surface area (Å²) in [6, 6.07) is 6.37. The third-order valence-corrected chi connectivity index (χ3v) is 6.28. The van der Waals surface area contributed by atoms with Crippen molar-refractivity contribution < 1.29 is 32.2 Å². The first-order chi connectivity index (χ1) is 15.2. The molecule has 1 aliphatic rings. The summed E-state index contributed by atoms with van der Waals surface area (Å²) in [5.41, 5.74) is 6.76. The standard InChI is InChI=1S/C22H25F3N2O4S/c1-30-17-11-14(7-9-16(17)31-13-22(23,24)25)8-10-20(28)26-27-21(29)19-12-15-5-3-2-4-6-18(15)32-19/h7,9,11-12H,2-6,8,10,13H2,1H3,(H,26,28)(H,27,29). The number of amides is 2. The summed E-state index contributed by atoms with van der Waals surface area (Å²) < 4.78 is 46.8. The highest BCUT2D eigenvalue weighted by Gasteiger charge is 2.29. The van der Waals surface area contributed by atoms with Crippen molar-refractivity contribution in [2.24, 2.45) is 0 Å². The van der Waals surface area contributed by atoms with E-state index in [-0.39, 0.29) is 29.7 Å². The van der Waals surface area contributed by atoms with Crippen molar-refractivity contribution >= 4 is 23.2 Å². The van der Waals surface area contributed by atoms with E-state index in [1.54, 1.807) is 6.07 Å². The van der Waals surface area contributed by atoms with E-state index in [2.05, 4.69) is 10.9 Å². The average Bonchev–Trinajstić information content (AvgIpc) is 3.04. The molecule has 2 N–H and O–H groups in total. The number of carbonyl (C=O) groups is 2. The number of halogens is 3. The summed E-state index contributed by atoms with van der Waals surface area (Å²) in [6.45, 7) is -1.42. The molecule has 0 saturated heterocycles. The Kier molecular flexibility index (Phi) is 8.00. The van der Waals surface area contributed by atoms with E-state index in [0.29, 0.717) is 16.9 Å². The van der Waals surface area contributed by atoms with Crippen LogP contribution in [0.4, 0.5) is 13.2 Å². The summed E-state index contributed by atoms with van der Waals surface area (Å²) in [5.74, 6) is -0.602. The topological polar surface area (TPSA) is 76.7 Å². The molecule has 32 heavy (non-hydrogen) atoms. The van der Waals surface area contributed by atoms with Crippen molar-refractivity contribution in [3.05, 3.63) is 45.1 Å². The van der Waals surface area contributed by atoms with Crippen molar-refractivity contribution in [3.63, 3.8) is 0 Å². The number of thiophene rings is 1. The molecule has 2 amide bonds. The van der Waals surface area contributed by atoms with Crippen molar-refractivity contribution in [2.45, 2.75) is 51.1 Å². The highest BCUT2D eigenvalue weighted by Crippen LogP contribution is 2.30. The number of methoxy groups -OCH3 is 1. The molecule has 1 heterocycles. The maximum atomic E-state index is 12.4. The van der Waals surface area contributed by atoms with Gasteiger partial charge in [0.1, 0.15) is 0 Å². The van der Waals surface area contributed by atoms with Gasteiger partial charge in [-0.1, -0.05) is 12.5 Å². The van der Waals surface area contributed by atoms with E-state index in [1.165, 1.54) is 47.4 Å². The van der Waals surface area contributed by atoms with Crippen LogP contribution in [0, 0.1) is 0 Å². The van der Waals surface area contributed by atoms with Gasteiger partial charge >= 0.3 is 6.18 Å². The van der Waals surface area contributed by atoms with Gasteiger partial charge in [-0.25, -0.2) is 0 Å². The lowest BCUT2D eigenvalue weighted by Crippen LogP contribution is -2.41. The fourth-order valence-corrected chi connectivity index (χ4v) is 4.58. The molecule has 0 spiro atoms. The van der Waals surface area contributed by atoms with Crippen LogP contribution in [-0.4, -0.2) is 31.7 Å². The molecule has 2 aromatic rings. The van der Waals surface area contributed by atoms with Gasteiger partial charge in [0.15, 0.2) is 18.1 Å². The molecule has 3 rings (SSSR count). The van der Waals surface area contributed by atoms with Gasteiger partial charge in [0.25, 0.3) is 5.91 Å². The molecule has 0 bridgehead atoms. The first-order valence-corrected chi connectivity index (χ1v) is 11.1. The second-order valence-electron chi connectivity index (χ2n) is 7.51. The minimum Gasteiger partial charge on any atom is -0.493 e. The number of rotatable bonds is 7. The molecule has 0 unspecified atom stereocenters. The first kappa shape index (κ1) is 23.9. The van der Waals surface area contributed by atoms with Crippen LogP contribution in [0.15, 0.2) is 24.3 Å². The highest BCUT2D eigenvalue weighted by atomic mass is 32.1. The number of hydrazine groups is 1. The van der Waals surface area contributed by atoms with E-state index in [0.717, 1.165) is 25.7 Å². The van der Waals surface area contributed by atoms with Gasteiger partial charge in [0, 0.05) is 11.3 Å². The Morgan fingerprint density at radius 1 is 1.06 bits per heavy atom. The number of nitrogens with one attached hydrogen (secondary N) is 2. The highest BCUT2D eigenvalue weighted by molar-refractivity contribution is 7.14. The summed E-state index contributed by atoms with van der Waals surface area (Å²) >= 11 is 1.47. The molecule has 174 valence electrons. The van der Waals surface area contributed by atoms with Gasteiger partial charge in [-0.3, -0.25) is 20.4 Å². The fraction of sp³-hybridized carbons (Fsp3) is 0.455. The molecule has 1 aromatic carbocycles. The number of hydrogen-bond acceptors (Lipinski definition) is 5. The predicted molar refractivity (Wildman–Crippen MR) is 114 cm³/mol. The number of benzene rings is 1. The van der Waals surface area contributed by atoms with Crippen LogP contribution in [0.3, 0.4) is 0 Å². The van der Waals surface area contributed by atoms with Crippen LogP contribution in [0.2, 0.25) is 0 Å². The molecular weight excluding hydrogens is 445 g/mol. The van der Waals surface area contributed by atoms with Gasteiger partial charge in [0.05, 0.1) is 12.0 Å². The van der Waals surface area contributed by atoms with E-state index >= 15 is 0 Å². The lowest BCUT2D eigenvalue weighted by Gasteiger charge is -2.13. The Labute approximate surface area is 188 Å². The molecule has 10 heteroatoms. The van der Waals surface area contributed by atoms with Gasteiger partial charge < -0.3 is 9.47 Å².